The van der Waals surface area contributed by atoms with Crippen molar-refractivity contribution in [2.75, 3.05) is 11.1 Å². The summed E-state index contributed by atoms with van der Waals surface area (Å²) in [6, 6.07) is 11.1. The zero-order valence-electron chi connectivity index (χ0n) is 10.8. The van der Waals surface area contributed by atoms with Crippen molar-refractivity contribution in [2.45, 2.75) is 13.8 Å². The zero-order chi connectivity index (χ0) is 14.0. The van der Waals surface area contributed by atoms with E-state index in [1.54, 1.807) is 12.1 Å². The van der Waals surface area contributed by atoms with Gasteiger partial charge in [0.2, 0.25) is 0 Å². The minimum atomic E-state index is -0.137. The van der Waals surface area contributed by atoms with E-state index in [1.165, 1.54) is 0 Å². The molecule has 0 radical (unpaired) electrons. The molecular weight excluding hydrogens is 304 g/mol. The lowest BCUT2D eigenvalue weighted by Crippen LogP contribution is -2.14. The number of amides is 1. The molecule has 2 rings (SSSR count). The number of halogens is 1. The van der Waals surface area contributed by atoms with Crippen LogP contribution in [-0.2, 0) is 0 Å². The molecule has 0 saturated heterocycles. The van der Waals surface area contributed by atoms with Crippen LogP contribution in [0.15, 0.2) is 40.9 Å². The molecule has 0 fully saturated rings. The van der Waals surface area contributed by atoms with Crippen LogP contribution in [0.1, 0.15) is 21.5 Å². The summed E-state index contributed by atoms with van der Waals surface area (Å²) in [6.45, 7) is 3.83. The standard InChI is InChI=1S/C15H15BrN2O/c1-9-5-3-4-6-11(9)15(19)18-14-8-13(17)10(2)7-12(14)16/h3-8H,17H2,1-2H3,(H,18,19). The molecule has 0 aromatic heterocycles. The molecule has 0 atom stereocenters. The average Bonchev–Trinajstić information content (AvgIpc) is 2.36. The van der Waals surface area contributed by atoms with Gasteiger partial charge in [0.15, 0.2) is 0 Å². The quantitative estimate of drug-likeness (QED) is 0.825. The normalized spacial score (nSPS) is 10.3. The number of hydrogen-bond donors (Lipinski definition) is 2. The highest BCUT2D eigenvalue weighted by molar-refractivity contribution is 9.10. The van der Waals surface area contributed by atoms with Crippen molar-refractivity contribution in [3.05, 3.63) is 57.6 Å². The molecule has 0 spiro atoms. The zero-order valence-corrected chi connectivity index (χ0v) is 12.4. The van der Waals surface area contributed by atoms with E-state index in [0.29, 0.717) is 16.9 Å². The van der Waals surface area contributed by atoms with E-state index in [4.69, 9.17) is 5.73 Å². The number of hydrogen-bond acceptors (Lipinski definition) is 2. The molecule has 0 heterocycles. The fraction of sp³-hybridized carbons (Fsp3) is 0.133. The molecule has 2 aromatic carbocycles. The first-order valence-electron chi connectivity index (χ1n) is 5.91. The molecule has 98 valence electrons. The Hall–Kier alpha value is -1.81. The minimum absolute atomic E-state index is 0.137. The first-order valence-corrected chi connectivity index (χ1v) is 6.71. The maximum atomic E-state index is 12.2. The largest absolute Gasteiger partial charge is 0.398 e. The molecule has 0 bridgehead atoms. The highest BCUT2D eigenvalue weighted by Crippen LogP contribution is 2.28. The van der Waals surface area contributed by atoms with E-state index in [1.807, 2.05) is 38.1 Å². The highest BCUT2D eigenvalue weighted by Gasteiger charge is 2.11. The van der Waals surface area contributed by atoms with Crippen molar-refractivity contribution in [3.63, 3.8) is 0 Å². The van der Waals surface area contributed by atoms with E-state index in [0.717, 1.165) is 15.6 Å². The predicted octanol–water partition coefficient (Wildman–Crippen LogP) is 3.90. The van der Waals surface area contributed by atoms with Crippen LogP contribution >= 0.6 is 15.9 Å². The molecule has 3 N–H and O–H groups in total. The molecule has 0 aliphatic heterocycles. The number of nitrogens with one attached hydrogen (secondary N) is 1. The molecule has 2 aromatic rings. The third kappa shape index (κ3) is 2.96. The molecular formula is C15H15BrN2O. The summed E-state index contributed by atoms with van der Waals surface area (Å²) in [7, 11) is 0. The van der Waals surface area contributed by atoms with Crippen LogP contribution in [0, 0.1) is 13.8 Å². The van der Waals surface area contributed by atoms with Gasteiger partial charge in [0.25, 0.3) is 5.91 Å². The van der Waals surface area contributed by atoms with Crippen LogP contribution in [0.2, 0.25) is 0 Å². The Balaban J connectivity index is 2.30. The van der Waals surface area contributed by atoms with E-state index in [-0.39, 0.29) is 5.91 Å². The first kappa shape index (κ1) is 13.6. The van der Waals surface area contributed by atoms with Crippen LogP contribution in [0.3, 0.4) is 0 Å². The van der Waals surface area contributed by atoms with Crippen LogP contribution in [0.4, 0.5) is 11.4 Å². The molecule has 0 aliphatic carbocycles. The summed E-state index contributed by atoms with van der Waals surface area (Å²) in [5.74, 6) is -0.137. The lowest BCUT2D eigenvalue weighted by Gasteiger charge is -2.11. The number of carbonyl (C=O) groups is 1. The van der Waals surface area contributed by atoms with Gasteiger partial charge in [-0.05, 0) is 59.1 Å². The summed E-state index contributed by atoms with van der Waals surface area (Å²) < 4.78 is 0.820. The van der Waals surface area contributed by atoms with E-state index in [9.17, 15) is 4.79 Å². The summed E-state index contributed by atoms with van der Waals surface area (Å²) in [4.78, 5) is 12.2. The maximum Gasteiger partial charge on any atom is 0.255 e. The Morgan fingerprint density at radius 3 is 2.53 bits per heavy atom. The Labute approximate surface area is 121 Å². The van der Waals surface area contributed by atoms with E-state index < -0.39 is 0 Å². The van der Waals surface area contributed by atoms with Gasteiger partial charge in [0, 0.05) is 15.7 Å². The fourth-order valence-electron chi connectivity index (χ4n) is 1.80. The van der Waals surface area contributed by atoms with Crippen molar-refractivity contribution < 1.29 is 4.79 Å². The van der Waals surface area contributed by atoms with E-state index >= 15 is 0 Å². The minimum Gasteiger partial charge on any atom is -0.398 e. The fourth-order valence-corrected chi connectivity index (χ4v) is 2.36. The SMILES string of the molecule is Cc1cc(Br)c(NC(=O)c2ccccc2C)cc1N. The van der Waals surface area contributed by atoms with Gasteiger partial charge in [-0.3, -0.25) is 4.79 Å². The summed E-state index contributed by atoms with van der Waals surface area (Å²) in [5, 5.41) is 2.87. The summed E-state index contributed by atoms with van der Waals surface area (Å²) in [5.41, 5.74) is 9.77. The van der Waals surface area contributed by atoms with Gasteiger partial charge >= 0.3 is 0 Å². The van der Waals surface area contributed by atoms with Crippen LogP contribution in [0.5, 0.6) is 0 Å². The van der Waals surface area contributed by atoms with Gasteiger partial charge in [-0.1, -0.05) is 18.2 Å². The molecule has 4 heteroatoms. The Bertz CT molecular complexity index is 638. The van der Waals surface area contributed by atoms with Gasteiger partial charge in [0.1, 0.15) is 0 Å². The van der Waals surface area contributed by atoms with Crippen molar-refractivity contribution in [3.8, 4) is 0 Å². The third-order valence-corrected chi connectivity index (χ3v) is 3.65. The van der Waals surface area contributed by atoms with Crippen molar-refractivity contribution in [1.82, 2.24) is 0 Å². The molecule has 0 aliphatic rings. The molecule has 0 saturated carbocycles. The third-order valence-electron chi connectivity index (χ3n) is 2.99. The molecule has 1 amide bonds. The Morgan fingerprint density at radius 1 is 1.16 bits per heavy atom. The van der Waals surface area contributed by atoms with E-state index in [2.05, 4.69) is 21.2 Å². The van der Waals surface area contributed by atoms with Gasteiger partial charge in [-0.2, -0.15) is 0 Å². The molecule has 3 nitrogen and oxygen atoms in total. The monoisotopic (exact) mass is 318 g/mol. The second kappa shape index (κ2) is 5.45. The van der Waals surface area contributed by atoms with Crippen molar-refractivity contribution in [2.24, 2.45) is 0 Å². The second-order valence-corrected chi connectivity index (χ2v) is 5.31. The number of anilines is 2. The average molecular weight is 319 g/mol. The van der Waals surface area contributed by atoms with Gasteiger partial charge in [-0.15, -0.1) is 0 Å². The van der Waals surface area contributed by atoms with Crippen molar-refractivity contribution >= 4 is 33.2 Å². The first-order chi connectivity index (χ1) is 8.99. The maximum absolute atomic E-state index is 12.2. The number of aryl methyl sites for hydroxylation is 2. The molecule has 19 heavy (non-hydrogen) atoms. The Morgan fingerprint density at radius 2 is 1.84 bits per heavy atom. The topological polar surface area (TPSA) is 55.1 Å². The lowest BCUT2D eigenvalue weighted by atomic mass is 10.1. The number of nitrogens with two attached hydrogens (primary N) is 1. The summed E-state index contributed by atoms with van der Waals surface area (Å²) in [6.07, 6.45) is 0. The Kier molecular flexibility index (Phi) is 3.90. The van der Waals surface area contributed by atoms with Gasteiger partial charge in [0.05, 0.1) is 5.69 Å². The molecule has 0 unspecified atom stereocenters. The second-order valence-electron chi connectivity index (χ2n) is 4.46. The number of nitrogen functional groups attached to an aromatic ring is 1. The summed E-state index contributed by atoms with van der Waals surface area (Å²) >= 11 is 3.43. The smallest absolute Gasteiger partial charge is 0.255 e. The number of benzene rings is 2. The van der Waals surface area contributed by atoms with Gasteiger partial charge < -0.3 is 11.1 Å². The number of rotatable bonds is 2. The van der Waals surface area contributed by atoms with Crippen molar-refractivity contribution in [1.29, 1.82) is 0 Å². The van der Waals surface area contributed by atoms with Crippen LogP contribution < -0.4 is 11.1 Å². The number of carbonyl (C=O) groups excluding carboxylic acids is 1. The van der Waals surface area contributed by atoms with Crippen LogP contribution in [0.25, 0.3) is 0 Å². The lowest BCUT2D eigenvalue weighted by molar-refractivity contribution is 0.102. The van der Waals surface area contributed by atoms with Crippen LogP contribution in [-0.4, -0.2) is 5.91 Å². The van der Waals surface area contributed by atoms with Gasteiger partial charge in [-0.25, -0.2) is 0 Å². The highest BCUT2D eigenvalue weighted by atomic mass is 79.9. The predicted molar refractivity (Wildman–Crippen MR) is 82.4 cm³/mol.